The molecule has 1 unspecified atom stereocenters. The van der Waals surface area contributed by atoms with Crippen LogP contribution in [0.4, 0.5) is 10.1 Å². The quantitative estimate of drug-likeness (QED) is 0.579. The largest absolute Gasteiger partial charge is 0.394 e. The highest BCUT2D eigenvalue weighted by molar-refractivity contribution is 5.99. The average molecular weight is 281 g/mol. The molecule has 1 aromatic rings. The number of para-hydroxylation sites is 1. The van der Waals surface area contributed by atoms with Crippen molar-refractivity contribution in [2.75, 3.05) is 18.6 Å². The van der Waals surface area contributed by atoms with Crippen LogP contribution in [-0.4, -0.2) is 35.1 Å². The predicted octanol–water partition coefficient (Wildman–Crippen LogP) is 1.49. The number of nitrogens with zero attached hydrogens (tertiary/aromatic N) is 1. The predicted molar refractivity (Wildman–Crippen MR) is 74.6 cm³/mol. The van der Waals surface area contributed by atoms with Gasteiger partial charge < -0.3 is 15.4 Å². The molecule has 110 valence electrons. The molecule has 0 radical (unpaired) electrons. The minimum Gasteiger partial charge on any atom is -0.394 e. The van der Waals surface area contributed by atoms with Crippen LogP contribution in [0.25, 0.3) is 0 Å². The monoisotopic (exact) mass is 281 g/mol. The third-order valence-corrected chi connectivity index (χ3v) is 3.74. The zero-order valence-corrected chi connectivity index (χ0v) is 11.3. The smallest absolute Gasteiger partial charge is 0.256 e. The van der Waals surface area contributed by atoms with E-state index in [1.54, 1.807) is 11.0 Å². The van der Waals surface area contributed by atoms with E-state index < -0.39 is 5.82 Å². The number of aliphatic hydroxyl groups excluding tert-OH is 1. The van der Waals surface area contributed by atoms with E-state index in [0.29, 0.717) is 6.54 Å². The van der Waals surface area contributed by atoms with E-state index >= 15 is 0 Å². The molecule has 1 atom stereocenters. The van der Waals surface area contributed by atoms with E-state index in [9.17, 15) is 14.3 Å². The van der Waals surface area contributed by atoms with E-state index in [1.165, 1.54) is 12.1 Å². The molecule has 0 aliphatic carbocycles. The second-order valence-electron chi connectivity index (χ2n) is 4.99. The fraction of sp³-hybridized carbons (Fsp3) is 0.500. The summed E-state index contributed by atoms with van der Waals surface area (Å²) in [6.45, 7) is 0.497. The summed E-state index contributed by atoms with van der Waals surface area (Å²) < 4.78 is 13.7. The van der Waals surface area contributed by atoms with Crippen LogP contribution in [0.5, 0.6) is 0 Å². The molecule has 0 saturated carbocycles. The van der Waals surface area contributed by atoms with E-state index in [0.717, 1.165) is 25.7 Å². The average Bonchev–Trinajstić information content (AvgIpc) is 2.71. The first-order valence-electron chi connectivity index (χ1n) is 6.86. The molecule has 0 aromatic heterocycles. The van der Waals surface area contributed by atoms with Gasteiger partial charge in [0.25, 0.3) is 5.91 Å². The second kappa shape index (κ2) is 6.67. The van der Waals surface area contributed by atoms with Crippen molar-refractivity contribution in [3.8, 4) is 0 Å². The molecule has 1 amide bonds. The minimum absolute atomic E-state index is 0.00145. The summed E-state index contributed by atoms with van der Waals surface area (Å²) in [6, 6.07) is 4.06. The van der Waals surface area contributed by atoms with Crippen molar-refractivity contribution in [1.82, 2.24) is 4.90 Å². The van der Waals surface area contributed by atoms with Crippen molar-refractivity contribution in [2.45, 2.75) is 31.7 Å². The zero-order valence-electron chi connectivity index (χ0n) is 11.3. The second-order valence-corrected chi connectivity index (χ2v) is 4.99. The molecule has 0 bridgehead atoms. The Hall–Kier alpha value is -1.66. The molecule has 0 spiro atoms. The van der Waals surface area contributed by atoms with Crippen molar-refractivity contribution in [3.63, 3.8) is 0 Å². The van der Waals surface area contributed by atoms with Crippen molar-refractivity contribution < 1.29 is 14.3 Å². The lowest BCUT2D eigenvalue weighted by Gasteiger charge is -2.29. The molecule has 1 aliphatic heterocycles. The molecule has 5 nitrogen and oxygen atoms in total. The van der Waals surface area contributed by atoms with Gasteiger partial charge in [-0.2, -0.15) is 0 Å². The Morgan fingerprint density at radius 3 is 2.95 bits per heavy atom. The maximum Gasteiger partial charge on any atom is 0.256 e. The molecule has 1 fully saturated rings. The molecule has 1 aromatic carbocycles. The number of benzene rings is 1. The number of nitrogens with two attached hydrogens (primary N) is 1. The molecule has 4 N–H and O–H groups in total. The van der Waals surface area contributed by atoms with Crippen LogP contribution in [0.2, 0.25) is 0 Å². The molecule has 20 heavy (non-hydrogen) atoms. The lowest BCUT2D eigenvalue weighted by molar-refractivity contribution is 0.0600. The van der Waals surface area contributed by atoms with Gasteiger partial charge in [0.05, 0.1) is 23.9 Å². The number of anilines is 1. The van der Waals surface area contributed by atoms with Gasteiger partial charge in [0.2, 0.25) is 0 Å². The summed E-state index contributed by atoms with van der Waals surface area (Å²) in [6.07, 6.45) is 3.68. The molecule has 1 aliphatic rings. The number of halogens is 1. The number of nitrogens with one attached hydrogen (secondary N) is 1. The van der Waals surface area contributed by atoms with Crippen LogP contribution < -0.4 is 11.3 Å². The first kappa shape index (κ1) is 14.7. The number of likely N-dealkylation sites (tertiary alicyclic amines) is 1. The summed E-state index contributed by atoms with van der Waals surface area (Å²) in [5.41, 5.74) is 2.45. The number of aliphatic hydroxyl groups is 1. The van der Waals surface area contributed by atoms with Crippen LogP contribution >= 0.6 is 0 Å². The van der Waals surface area contributed by atoms with Crippen LogP contribution in [-0.2, 0) is 0 Å². The summed E-state index contributed by atoms with van der Waals surface area (Å²) in [7, 11) is 0. The molecular formula is C14H20FN3O2. The van der Waals surface area contributed by atoms with Crippen molar-refractivity contribution >= 4 is 11.6 Å². The van der Waals surface area contributed by atoms with Crippen LogP contribution in [0, 0.1) is 5.82 Å². The SMILES string of the molecule is NNc1c(F)cccc1C(=O)N1CCCCCC1CO. The molecule has 6 heteroatoms. The van der Waals surface area contributed by atoms with Gasteiger partial charge >= 0.3 is 0 Å². The van der Waals surface area contributed by atoms with Gasteiger partial charge in [0.1, 0.15) is 5.82 Å². The highest BCUT2D eigenvalue weighted by Crippen LogP contribution is 2.24. The number of rotatable bonds is 3. The van der Waals surface area contributed by atoms with E-state index in [2.05, 4.69) is 5.43 Å². The Bertz CT molecular complexity index is 481. The summed E-state index contributed by atoms with van der Waals surface area (Å²) in [4.78, 5) is 14.2. The Labute approximate surface area is 117 Å². The number of carbonyl (C=O) groups is 1. The third-order valence-electron chi connectivity index (χ3n) is 3.74. The number of hydrogen-bond donors (Lipinski definition) is 3. The minimum atomic E-state index is -0.561. The van der Waals surface area contributed by atoms with Crippen LogP contribution in [0.1, 0.15) is 36.0 Å². The van der Waals surface area contributed by atoms with Crippen LogP contribution in [0.15, 0.2) is 18.2 Å². The standard InChI is InChI=1S/C14H20FN3O2/c15-12-7-4-6-11(13(12)17-16)14(20)18-8-3-1-2-5-10(18)9-19/h4,6-7,10,17,19H,1-3,5,8-9,16H2. The summed E-state index contributed by atoms with van der Waals surface area (Å²) >= 11 is 0. The Morgan fingerprint density at radius 1 is 1.45 bits per heavy atom. The fourth-order valence-corrected chi connectivity index (χ4v) is 2.64. The number of carbonyl (C=O) groups excluding carboxylic acids is 1. The Kier molecular flexibility index (Phi) is 4.92. The summed E-state index contributed by atoms with van der Waals surface area (Å²) in [5, 5.41) is 9.46. The van der Waals surface area contributed by atoms with Gasteiger partial charge in [-0.05, 0) is 25.0 Å². The van der Waals surface area contributed by atoms with Gasteiger partial charge in [0, 0.05) is 6.54 Å². The topological polar surface area (TPSA) is 78.6 Å². The van der Waals surface area contributed by atoms with Gasteiger partial charge in [-0.25, -0.2) is 4.39 Å². The van der Waals surface area contributed by atoms with Gasteiger partial charge in [-0.3, -0.25) is 10.6 Å². The van der Waals surface area contributed by atoms with Gasteiger partial charge in [-0.1, -0.05) is 18.9 Å². The summed E-state index contributed by atoms with van der Waals surface area (Å²) in [5.74, 6) is 4.45. The lowest BCUT2D eigenvalue weighted by atomic mass is 10.1. The van der Waals surface area contributed by atoms with E-state index in [1.807, 2.05) is 0 Å². The van der Waals surface area contributed by atoms with E-state index in [-0.39, 0.29) is 29.8 Å². The van der Waals surface area contributed by atoms with Crippen molar-refractivity contribution in [3.05, 3.63) is 29.6 Å². The third kappa shape index (κ3) is 2.91. The van der Waals surface area contributed by atoms with Gasteiger partial charge in [0.15, 0.2) is 0 Å². The molecular weight excluding hydrogens is 261 g/mol. The Balaban J connectivity index is 2.31. The van der Waals surface area contributed by atoms with E-state index in [4.69, 9.17) is 5.84 Å². The number of hydrogen-bond acceptors (Lipinski definition) is 4. The molecule has 1 heterocycles. The number of amides is 1. The fourth-order valence-electron chi connectivity index (χ4n) is 2.64. The normalized spacial score (nSPS) is 19.6. The highest BCUT2D eigenvalue weighted by Gasteiger charge is 2.27. The Morgan fingerprint density at radius 2 is 2.25 bits per heavy atom. The van der Waals surface area contributed by atoms with Crippen molar-refractivity contribution in [2.24, 2.45) is 5.84 Å². The number of hydrazine groups is 1. The van der Waals surface area contributed by atoms with Crippen LogP contribution in [0.3, 0.4) is 0 Å². The highest BCUT2D eigenvalue weighted by atomic mass is 19.1. The zero-order chi connectivity index (χ0) is 14.5. The van der Waals surface area contributed by atoms with Gasteiger partial charge in [-0.15, -0.1) is 0 Å². The first-order valence-corrected chi connectivity index (χ1v) is 6.86. The lowest BCUT2D eigenvalue weighted by Crippen LogP contribution is -2.42. The van der Waals surface area contributed by atoms with Crippen molar-refractivity contribution in [1.29, 1.82) is 0 Å². The number of nitrogen functional groups attached to an aromatic ring is 1. The molecule has 2 rings (SSSR count). The maximum absolute atomic E-state index is 13.7. The first-order chi connectivity index (χ1) is 9.69. The maximum atomic E-state index is 13.7. The molecule has 1 saturated heterocycles.